The summed E-state index contributed by atoms with van der Waals surface area (Å²) in [6, 6.07) is 59.2. The van der Waals surface area contributed by atoms with Gasteiger partial charge in [-0.15, -0.1) is 0 Å². The second-order valence-corrected chi connectivity index (χ2v) is 17.3. The molecule has 0 saturated heterocycles. The highest BCUT2D eigenvalue weighted by Gasteiger charge is 2.37. The molecule has 0 aliphatic rings. The lowest BCUT2D eigenvalue weighted by atomic mass is 9.94. The topological polar surface area (TPSA) is 33.6 Å². The second-order valence-electron chi connectivity index (χ2n) is 17.3. The summed E-state index contributed by atoms with van der Waals surface area (Å²) >= 11 is 0. The Labute approximate surface area is 387 Å². The first-order valence-electron chi connectivity index (χ1n) is 21.9. The zero-order valence-corrected chi connectivity index (χ0v) is 36.5. The lowest BCUT2D eigenvalue weighted by Gasteiger charge is -2.20. The fourth-order valence-electron chi connectivity index (χ4n) is 9.73. The molecular formula is C59H37F6N3. The first-order chi connectivity index (χ1) is 32.7. The maximum atomic E-state index is 14.4. The van der Waals surface area contributed by atoms with E-state index in [-0.39, 0.29) is 17.2 Å². The molecule has 0 unspecified atom stereocenters. The Hall–Kier alpha value is -8.35. The molecule has 0 aliphatic heterocycles. The molecule has 0 saturated carbocycles. The number of nitriles is 1. The zero-order valence-electron chi connectivity index (χ0n) is 36.5. The Morgan fingerprint density at radius 1 is 0.368 bits per heavy atom. The quantitative estimate of drug-likeness (QED) is 0.153. The smallest absolute Gasteiger partial charge is 0.309 e. The van der Waals surface area contributed by atoms with E-state index >= 15 is 0 Å². The first kappa shape index (κ1) is 42.3. The van der Waals surface area contributed by atoms with Crippen molar-refractivity contribution in [3.63, 3.8) is 0 Å². The molecule has 9 aromatic carbocycles. The molecule has 0 fully saturated rings. The van der Waals surface area contributed by atoms with Crippen LogP contribution >= 0.6 is 0 Å². The van der Waals surface area contributed by atoms with E-state index in [0.29, 0.717) is 28.1 Å². The number of rotatable bonds is 6. The van der Waals surface area contributed by atoms with Gasteiger partial charge in [-0.1, -0.05) is 126 Å². The highest BCUT2D eigenvalue weighted by molar-refractivity contribution is 6.13. The highest BCUT2D eigenvalue weighted by Crippen LogP contribution is 2.45. The SMILES string of the molecule is Cc1cccc(-c2ccc3c(c2)c2ccccc2n3-c2cc(C#N)ccc2-c2ccc(-c3cc(C(F)(F)F)cc(C(F)(F)F)c3)cc2-n2c3ccccc3c3cc(-c4cccc(C)c4)ccc32)c1. The summed E-state index contributed by atoms with van der Waals surface area (Å²) in [7, 11) is 0. The number of aryl methyl sites for hydroxylation is 2. The van der Waals surface area contributed by atoms with Crippen molar-refractivity contribution in [1.82, 2.24) is 9.13 Å². The fraction of sp³-hybridized carbons (Fsp3) is 0.0678. The molecular weight excluding hydrogens is 865 g/mol. The van der Waals surface area contributed by atoms with Crippen LogP contribution < -0.4 is 0 Å². The average Bonchev–Trinajstić information content (AvgIpc) is 3.85. The monoisotopic (exact) mass is 901 g/mol. The van der Waals surface area contributed by atoms with Crippen LogP contribution in [0.2, 0.25) is 0 Å². The van der Waals surface area contributed by atoms with Crippen LogP contribution in [0.1, 0.15) is 27.8 Å². The summed E-state index contributed by atoms with van der Waals surface area (Å²) in [6.07, 6.45) is -10.1. The summed E-state index contributed by atoms with van der Waals surface area (Å²) in [4.78, 5) is 0. The number of para-hydroxylation sites is 2. The minimum absolute atomic E-state index is 0.149. The van der Waals surface area contributed by atoms with Crippen LogP contribution in [0.4, 0.5) is 26.3 Å². The standard InChI is InChI=1S/C59H37F6N3/c1-35-9-7-11-38(25-35)40-19-23-54-50(30-40)46-13-3-5-15-52(46)67(54)56-27-37(34-66)17-21-48(56)49-22-18-42(43-28-44(58(60,61)62)33-45(29-43)59(63,64)65)32-57(49)68-53-16-6-4-14-47(53)51-31-41(20-24-55(51)68)39-12-8-10-36(2)26-39/h3-33H,1-2H3. The van der Waals surface area contributed by atoms with Crippen LogP contribution in [0.25, 0.3) is 99.5 Å². The number of hydrogen-bond acceptors (Lipinski definition) is 1. The predicted octanol–water partition coefficient (Wildman–Crippen LogP) is 17.1. The molecule has 0 bridgehead atoms. The van der Waals surface area contributed by atoms with Gasteiger partial charge in [-0.3, -0.25) is 0 Å². The summed E-state index contributed by atoms with van der Waals surface area (Å²) < 4.78 is 90.3. The first-order valence-corrected chi connectivity index (χ1v) is 21.9. The minimum atomic E-state index is -5.04. The molecule has 11 aromatic rings. The van der Waals surface area contributed by atoms with Crippen molar-refractivity contribution in [2.45, 2.75) is 26.2 Å². The lowest BCUT2D eigenvalue weighted by molar-refractivity contribution is -0.143. The molecule has 330 valence electrons. The van der Waals surface area contributed by atoms with Gasteiger partial charge in [0.15, 0.2) is 0 Å². The summed E-state index contributed by atoms with van der Waals surface area (Å²) in [6.45, 7) is 4.09. The Balaban J connectivity index is 1.22. The minimum Gasteiger partial charge on any atom is -0.309 e. The Kier molecular flexibility index (Phi) is 9.90. The molecule has 0 spiro atoms. The molecule has 0 atom stereocenters. The molecule has 0 radical (unpaired) electrons. The summed E-state index contributed by atoms with van der Waals surface area (Å²) in [5, 5.41) is 14.2. The largest absolute Gasteiger partial charge is 0.416 e. The Morgan fingerprint density at radius 2 is 0.794 bits per heavy atom. The van der Waals surface area contributed by atoms with Gasteiger partial charge in [0, 0.05) is 32.7 Å². The predicted molar refractivity (Wildman–Crippen MR) is 261 cm³/mol. The average molecular weight is 902 g/mol. The molecule has 3 nitrogen and oxygen atoms in total. The molecule has 11 rings (SSSR count). The van der Waals surface area contributed by atoms with Crippen molar-refractivity contribution in [2.75, 3.05) is 0 Å². The Bertz CT molecular complexity index is 3850. The van der Waals surface area contributed by atoms with Crippen molar-refractivity contribution in [2.24, 2.45) is 0 Å². The van der Waals surface area contributed by atoms with E-state index in [0.717, 1.165) is 89.1 Å². The van der Waals surface area contributed by atoms with Crippen LogP contribution in [0.15, 0.2) is 188 Å². The van der Waals surface area contributed by atoms with Gasteiger partial charge in [-0.2, -0.15) is 31.6 Å². The van der Waals surface area contributed by atoms with E-state index in [9.17, 15) is 31.6 Å². The molecule has 2 heterocycles. The Morgan fingerprint density at radius 3 is 1.28 bits per heavy atom. The van der Waals surface area contributed by atoms with Crippen molar-refractivity contribution >= 4 is 43.6 Å². The number of aromatic nitrogens is 2. The number of nitrogens with zero attached hydrogens (tertiary/aromatic N) is 3. The van der Waals surface area contributed by atoms with Gasteiger partial charge in [0.05, 0.1) is 56.2 Å². The molecule has 0 amide bonds. The third-order valence-corrected chi connectivity index (χ3v) is 12.9. The molecule has 68 heavy (non-hydrogen) atoms. The van der Waals surface area contributed by atoms with Crippen LogP contribution in [0, 0.1) is 25.2 Å². The van der Waals surface area contributed by atoms with Gasteiger partial charge in [0.1, 0.15) is 0 Å². The van der Waals surface area contributed by atoms with Gasteiger partial charge >= 0.3 is 12.4 Å². The van der Waals surface area contributed by atoms with Crippen LogP contribution in [0.3, 0.4) is 0 Å². The van der Waals surface area contributed by atoms with Gasteiger partial charge in [-0.05, 0) is 120 Å². The third-order valence-electron chi connectivity index (χ3n) is 12.9. The number of benzene rings is 9. The van der Waals surface area contributed by atoms with E-state index < -0.39 is 23.5 Å². The van der Waals surface area contributed by atoms with Crippen LogP contribution in [-0.4, -0.2) is 9.13 Å². The molecule has 9 heteroatoms. The van der Waals surface area contributed by atoms with E-state index in [1.54, 1.807) is 24.3 Å². The van der Waals surface area contributed by atoms with E-state index in [1.165, 1.54) is 0 Å². The fourth-order valence-corrected chi connectivity index (χ4v) is 9.73. The molecule has 0 aliphatic carbocycles. The van der Waals surface area contributed by atoms with Crippen molar-refractivity contribution in [3.05, 3.63) is 216 Å². The van der Waals surface area contributed by atoms with Crippen LogP contribution in [-0.2, 0) is 12.4 Å². The summed E-state index contributed by atoms with van der Waals surface area (Å²) in [5.74, 6) is 0. The maximum Gasteiger partial charge on any atom is 0.416 e. The normalized spacial score (nSPS) is 12.1. The van der Waals surface area contributed by atoms with E-state index in [1.807, 2.05) is 102 Å². The lowest BCUT2D eigenvalue weighted by Crippen LogP contribution is -2.11. The van der Waals surface area contributed by atoms with Crippen molar-refractivity contribution < 1.29 is 26.3 Å². The van der Waals surface area contributed by atoms with Gasteiger partial charge < -0.3 is 9.13 Å². The van der Waals surface area contributed by atoms with Crippen molar-refractivity contribution in [1.29, 1.82) is 5.26 Å². The van der Waals surface area contributed by atoms with Crippen LogP contribution in [0.5, 0.6) is 0 Å². The van der Waals surface area contributed by atoms with E-state index in [2.05, 4.69) is 72.2 Å². The van der Waals surface area contributed by atoms with Gasteiger partial charge in [0.25, 0.3) is 0 Å². The van der Waals surface area contributed by atoms with Crippen molar-refractivity contribution in [3.8, 4) is 62.0 Å². The van der Waals surface area contributed by atoms with Gasteiger partial charge in [0.2, 0.25) is 0 Å². The van der Waals surface area contributed by atoms with E-state index in [4.69, 9.17) is 0 Å². The second kappa shape index (κ2) is 15.9. The molecule has 0 N–H and O–H groups in total. The zero-order chi connectivity index (χ0) is 47.1. The third kappa shape index (κ3) is 7.26. The highest BCUT2D eigenvalue weighted by atomic mass is 19.4. The number of fused-ring (bicyclic) bond motifs is 6. The molecule has 2 aromatic heterocycles. The maximum absolute atomic E-state index is 14.4. The van der Waals surface area contributed by atoms with Gasteiger partial charge in [-0.25, -0.2) is 0 Å². The summed E-state index contributed by atoms with van der Waals surface area (Å²) in [5.41, 5.74) is 9.63. The number of halogens is 6. The number of hydrogen-bond donors (Lipinski definition) is 0. The number of alkyl halides is 6.